The summed E-state index contributed by atoms with van der Waals surface area (Å²) in [7, 11) is 2.20. The smallest absolute Gasteiger partial charge is 0.180 e. The van der Waals surface area contributed by atoms with Gasteiger partial charge in [-0.2, -0.15) is 0 Å². The van der Waals surface area contributed by atoms with Crippen LogP contribution in [0, 0.1) is 0 Å². The Bertz CT molecular complexity index is 338. The SMILES string of the molecule is CC1CN(CCc2csc(N)n2)CCN1C. The van der Waals surface area contributed by atoms with Crippen LogP contribution in [0.5, 0.6) is 0 Å². The molecule has 1 aliphatic rings. The molecule has 0 radical (unpaired) electrons. The highest BCUT2D eigenvalue weighted by atomic mass is 32.1. The van der Waals surface area contributed by atoms with Gasteiger partial charge in [-0.1, -0.05) is 0 Å². The highest BCUT2D eigenvalue weighted by Gasteiger charge is 2.20. The van der Waals surface area contributed by atoms with Gasteiger partial charge in [0.2, 0.25) is 0 Å². The van der Waals surface area contributed by atoms with E-state index < -0.39 is 0 Å². The minimum atomic E-state index is 0.661. The average molecular weight is 240 g/mol. The summed E-state index contributed by atoms with van der Waals surface area (Å²) in [5, 5.41) is 2.75. The first-order valence-corrected chi connectivity index (χ1v) is 6.65. The van der Waals surface area contributed by atoms with Crippen molar-refractivity contribution in [2.45, 2.75) is 19.4 Å². The van der Waals surface area contributed by atoms with Crippen LogP contribution in [-0.4, -0.2) is 54.1 Å². The summed E-state index contributed by atoms with van der Waals surface area (Å²) < 4.78 is 0. The van der Waals surface area contributed by atoms with Crippen molar-refractivity contribution < 1.29 is 0 Å². The summed E-state index contributed by atoms with van der Waals surface area (Å²) in [6.07, 6.45) is 1.02. The highest BCUT2D eigenvalue weighted by Crippen LogP contribution is 2.13. The van der Waals surface area contributed by atoms with E-state index in [1.807, 2.05) is 0 Å². The van der Waals surface area contributed by atoms with Crippen LogP contribution in [0.25, 0.3) is 0 Å². The molecule has 0 aromatic carbocycles. The molecule has 1 saturated heterocycles. The van der Waals surface area contributed by atoms with E-state index in [1.165, 1.54) is 24.4 Å². The lowest BCUT2D eigenvalue weighted by atomic mass is 10.2. The highest BCUT2D eigenvalue weighted by molar-refractivity contribution is 7.13. The zero-order valence-corrected chi connectivity index (χ0v) is 10.8. The number of nitrogens with two attached hydrogens (primary N) is 1. The average Bonchev–Trinajstić information content (AvgIpc) is 2.66. The molecule has 1 unspecified atom stereocenters. The van der Waals surface area contributed by atoms with Crippen LogP contribution >= 0.6 is 11.3 Å². The standard InChI is InChI=1S/C11H20N4S/c1-9-7-15(6-5-14(9)2)4-3-10-8-16-11(12)13-10/h8-9H,3-7H2,1-2H3,(H2,12,13). The fourth-order valence-electron chi connectivity index (χ4n) is 2.04. The summed E-state index contributed by atoms with van der Waals surface area (Å²) in [6.45, 7) is 6.88. The summed E-state index contributed by atoms with van der Waals surface area (Å²) in [5.41, 5.74) is 6.75. The van der Waals surface area contributed by atoms with Gasteiger partial charge in [0.05, 0.1) is 5.69 Å². The molecule has 1 aliphatic heterocycles. The maximum Gasteiger partial charge on any atom is 0.180 e. The number of hydrogen-bond acceptors (Lipinski definition) is 5. The molecule has 2 rings (SSSR count). The second-order valence-corrected chi connectivity index (χ2v) is 5.45. The molecule has 1 fully saturated rings. The Kier molecular flexibility index (Phi) is 3.78. The number of thiazole rings is 1. The van der Waals surface area contributed by atoms with Gasteiger partial charge in [0, 0.05) is 44.0 Å². The monoisotopic (exact) mass is 240 g/mol. The fourth-order valence-corrected chi connectivity index (χ4v) is 2.63. The maximum atomic E-state index is 5.61. The van der Waals surface area contributed by atoms with Gasteiger partial charge < -0.3 is 15.5 Å². The van der Waals surface area contributed by atoms with E-state index in [1.54, 1.807) is 0 Å². The molecular weight excluding hydrogens is 220 g/mol. The van der Waals surface area contributed by atoms with Crippen molar-refractivity contribution in [1.29, 1.82) is 0 Å². The van der Waals surface area contributed by atoms with Crippen molar-refractivity contribution in [2.24, 2.45) is 0 Å². The lowest BCUT2D eigenvalue weighted by Crippen LogP contribution is -2.50. The van der Waals surface area contributed by atoms with Gasteiger partial charge in [-0.3, -0.25) is 0 Å². The third-order valence-electron chi connectivity index (χ3n) is 3.30. The predicted octanol–water partition coefficient (Wildman–Crippen LogP) is 0.904. The molecule has 0 saturated carbocycles. The van der Waals surface area contributed by atoms with E-state index in [0.29, 0.717) is 11.2 Å². The Balaban J connectivity index is 1.78. The van der Waals surface area contributed by atoms with Crippen LogP contribution in [0.1, 0.15) is 12.6 Å². The molecule has 1 atom stereocenters. The third kappa shape index (κ3) is 2.93. The van der Waals surface area contributed by atoms with E-state index in [9.17, 15) is 0 Å². The van der Waals surface area contributed by atoms with Crippen LogP contribution in [0.3, 0.4) is 0 Å². The van der Waals surface area contributed by atoms with E-state index in [-0.39, 0.29) is 0 Å². The van der Waals surface area contributed by atoms with Gasteiger partial charge in [-0.15, -0.1) is 11.3 Å². The number of aromatic nitrogens is 1. The number of rotatable bonds is 3. The molecule has 2 heterocycles. The van der Waals surface area contributed by atoms with E-state index in [0.717, 1.165) is 25.2 Å². The van der Waals surface area contributed by atoms with Gasteiger partial charge in [0.1, 0.15) is 0 Å². The topological polar surface area (TPSA) is 45.4 Å². The molecular formula is C11H20N4S. The Morgan fingerprint density at radius 1 is 1.56 bits per heavy atom. The van der Waals surface area contributed by atoms with Crippen molar-refractivity contribution in [1.82, 2.24) is 14.8 Å². The van der Waals surface area contributed by atoms with Crippen LogP contribution in [-0.2, 0) is 6.42 Å². The minimum absolute atomic E-state index is 0.661. The Morgan fingerprint density at radius 3 is 3.00 bits per heavy atom. The molecule has 0 aliphatic carbocycles. The lowest BCUT2D eigenvalue weighted by molar-refractivity contribution is 0.106. The molecule has 90 valence electrons. The van der Waals surface area contributed by atoms with Crippen molar-refractivity contribution in [3.05, 3.63) is 11.1 Å². The molecule has 0 bridgehead atoms. The van der Waals surface area contributed by atoms with Crippen molar-refractivity contribution in [3.8, 4) is 0 Å². The quantitative estimate of drug-likeness (QED) is 0.853. The van der Waals surface area contributed by atoms with Crippen LogP contribution < -0.4 is 5.73 Å². The second-order valence-electron chi connectivity index (χ2n) is 4.56. The number of nitrogen functional groups attached to an aromatic ring is 1. The normalized spacial score (nSPS) is 23.8. The summed E-state index contributed by atoms with van der Waals surface area (Å²) in [4.78, 5) is 9.22. The van der Waals surface area contributed by atoms with Gasteiger partial charge in [-0.05, 0) is 14.0 Å². The van der Waals surface area contributed by atoms with Gasteiger partial charge in [0.25, 0.3) is 0 Å². The molecule has 4 nitrogen and oxygen atoms in total. The minimum Gasteiger partial charge on any atom is -0.375 e. The molecule has 2 N–H and O–H groups in total. The molecule has 1 aromatic rings. The maximum absolute atomic E-state index is 5.61. The van der Waals surface area contributed by atoms with Crippen LogP contribution in [0.15, 0.2) is 5.38 Å². The van der Waals surface area contributed by atoms with Crippen LogP contribution in [0.2, 0.25) is 0 Å². The largest absolute Gasteiger partial charge is 0.375 e. The van der Waals surface area contributed by atoms with Gasteiger partial charge in [-0.25, -0.2) is 4.98 Å². The molecule has 0 spiro atoms. The van der Waals surface area contributed by atoms with Gasteiger partial charge in [0.15, 0.2) is 5.13 Å². The van der Waals surface area contributed by atoms with E-state index in [4.69, 9.17) is 5.73 Å². The number of likely N-dealkylation sites (N-methyl/N-ethyl adjacent to an activating group) is 1. The first-order chi connectivity index (χ1) is 7.65. The number of nitrogens with zero attached hydrogens (tertiary/aromatic N) is 3. The zero-order chi connectivity index (χ0) is 11.5. The van der Waals surface area contributed by atoms with Crippen molar-refractivity contribution in [3.63, 3.8) is 0 Å². The first kappa shape index (κ1) is 11.8. The summed E-state index contributed by atoms with van der Waals surface area (Å²) >= 11 is 1.53. The molecule has 1 aromatic heterocycles. The molecule has 0 amide bonds. The second kappa shape index (κ2) is 5.12. The van der Waals surface area contributed by atoms with Crippen molar-refractivity contribution >= 4 is 16.5 Å². The van der Waals surface area contributed by atoms with Gasteiger partial charge >= 0.3 is 0 Å². The summed E-state index contributed by atoms with van der Waals surface area (Å²) in [6, 6.07) is 0.661. The fraction of sp³-hybridized carbons (Fsp3) is 0.727. The number of hydrogen-bond donors (Lipinski definition) is 1. The molecule has 5 heteroatoms. The molecule has 16 heavy (non-hydrogen) atoms. The number of piperazine rings is 1. The Hall–Kier alpha value is -0.650. The zero-order valence-electron chi connectivity index (χ0n) is 10.0. The Morgan fingerprint density at radius 2 is 2.38 bits per heavy atom. The summed E-state index contributed by atoms with van der Waals surface area (Å²) in [5.74, 6) is 0. The van der Waals surface area contributed by atoms with E-state index in [2.05, 4.69) is 34.1 Å². The third-order valence-corrected chi connectivity index (χ3v) is 4.02. The lowest BCUT2D eigenvalue weighted by Gasteiger charge is -2.37. The van der Waals surface area contributed by atoms with E-state index >= 15 is 0 Å². The number of anilines is 1. The van der Waals surface area contributed by atoms with Crippen LogP contribution in [0.4, 0.5) is 5.13 Å². The Labute approximate surface area is 101 Å². The first-order valence-electron chi connectivity index (χ1n) is 5.77. The van der Waals surface area contributed by atoms with Crippen molar-refractivity contribution in [2.75, 3.05) is 39.0 Å². The predicted molar refractivity (Wildman–Crippen MR) is 68.8 cm³/mol.